The fraction of sp³-hybridized carbons (Fsp3) is 0.583. The normalized spacial score (nSPS) is 18.6. The predicted molar refractivity (Wildman–Crippen MR) is 79.7 cm³/mol. The van der Waals surface area contributed by atoms with Crippen molar-refractivity contribution in [1.82, 2.24) is 14.2 Å². The van der Waals surface area contributed by atoms with Gasteiger partial charge in [-0.05, 0) is 19.9 Å². The standard InChI is InChI=1S/C12H17Cl2N3O2S/c1-9(2)16-3-5-17(6-4-16)20(18,19)10-7-11(13)12(14)15-8-10/h7-9H,3-6H2,1-2H3. The molecular formula is C12H17Cl2N3O2S. The van der Waals surface area contributed by atoms with Gasteiger partial charge < -0.3 is 0 Å². The summed E-state index contributed by atoms with van der Waals surface area (Å²) in [6.07, 6.45) is 1.25. The molecule has 0 N–H and O–H groups in total. The molecule has 8 heteroatoms. The Balaban J connectivity index is 2.17. The summed E-state index contributed by atoms with van der Waals surface area (Å²) in [6, 6.07) is 1.77. The van der Waals surface area contributed by atoms with E-state index < -0.39 is 10.0 Å². The van der Waals surface area contributed by atoms with Gasteiger partial charge in [0.05, 0.1) is 5.02 Å². The maximum absolute atomic E-state index is 12.5. The third kappa shape index (κ3) is 3.26. The van der Waals surface area contributed by atoms with Gasteiger partial charge in [0.1, 0.15) is 10.0 Å². The van der Waals surface area contributed by atoms with Crippen molar-refractivity contribution in [1.29, 1.82) is 0 Å². The number of rotatable bonds is 3. The van der Waals surface area contributed by atoms with Crippen LogP contribution in [0.2, 0.25) is 10.2 Å². The smallest absolute Gasteiger partial charge is 0.244 e. The van der Waals surface area contributed by atoms with Crippen molar-refractivity contribution in [3.05, 3.63) is 22.4 Å². The molecule has 0 aliphatic carbocycles. The zero-order valence-corrected chi connectivity index (χ0v) is 13.7. The Morgan fingerprint density at radius 1 is 1.20 bits per heavy atom. The van der Waals surface area contributed by atoms with Crippen LogP contribution in [-0.2, 0) is 10.0 Å². The van der Waals surface area contributed by atoms with E-state index in [0.29, 0.717) is 19.1 Å². The fourth-order valence-electron chi connectivity index (χ4n) is 2.15. The number of piperazine rings is 1. The van der Waals surface area contributed by atoms with E-state index in [4.69, 9.17) is 23.2 Å². The molecule has 1 aromatic heterocycles. The Morgan fingerprint density at radius 2 is 1.80 bits per heavy atom. The van der Waals surface area contributed by atoms with Gasteiger partial charge in [-0.2, -0.15) is 4.31 Å². The molecule has 20 heavy (non-hydrogen) atoms. The van der Waals surface area contributed by atoms with Crippen LogP contribution in [0.4, 0.5) is 0 Å². The minimum Gasteiger partial charge on any atom is -0.298 e. The van der Waals surface area contributed by atoms with Gasteiger partial charge in [0.15, 0.2) is 0 Å². The van der Waals surface area contributed by atoms with Crippen molar-refractivity contribution in [3.63, 3.8) is 0 Å². The van der Waals surface area contributed by atoms with Crippen LogP contribution < -0.4 is 0 Å². The molecule has 0 spiro atoms. The average molecular weight is 338 g/mol. The summed E-state index contributed by atoms with van der Waals surface area (Å²) in [5, 5.41) is 0.254. The molecule has 2 rings (SSSR count). The first-order valence-electron chi connectivity index (χ1n) is 6.37. The Kier molecular flexibility index (Phi) is 4.92. The molecule has 2 heterocycles. The van der Waals surface area contributed by atoms with Crippen molar-refractivity contribution in [2.24, 2.45) is 0 Å². The van der Waals surface area contributed by atoms with E-state index >= 15 is 0 Å². The molecule has 1 aliphatic heterocycles. The maximum atomic E-state index is 12.5. The van der Waals surface area contributed by atoms with Crippen LogP contribution in [0.25, 0.3) is 0 Å². The first-order chi connectivity index (χ1) is 9.32. The zero-order valence-electron chi connectivity index (χ0n) is 11.4. The number of pyridine rings is 1. The Bertz CT molecular complexity index is 584. The molecule has 0 bridgehead atoms. The molecule has 0 atom stereocenters. The second-order valence-electron chi connectivity index (χ2n) is 4.98. The largest absolute Gasteiger partial charge is 0.298 e. The van der Waals surface area contributed by atoms with Crippen LogP contribution in [0.15, 0.2) is 17.2 Å². The number of hydrogen-bond acceptors (Lipinski definition) is 4. The third-order valence-corrected chi connectivity index (χ3v) is 5.96. The van der Waals surface area contributed by atoms with Crippen LogP contribution in [0.3, 0.4) is 0 Å². The van der Waals surface area contributed by atoms with Crippen molar-refractivity contribution in [2.75, 3.05) is 26.2 Å². The molecule has 0 radical (unpaired) electrons. The van der Waals surface area contributed by atoms with Gasteiger partial charge in [-0.15, -0.1) is 0 Å². The van der Waals surface area contributed by atoms with Crippen molar-refractivity contribution in [2.45, 2.75) is 24.8 Å². The quantitative estimate of drug-likeness (QED) is 0.792. The predicted octanol–water partition coefficient (Wildman–Crippen LogP) is 2.10. The van der Waals surface area contributed by atoms with Crippen molar-refractivity contribution in [3.8, 4) is 0 Å². The maximum Gasteiger partial charge on any atom is 0.244 e. The summed E-state index contributed by atoms with van der Waals surface area (Å²) in [5.41, 5.74) is 0. The Hall–Kier alpha value is -0.400. The summed E-state index contributed by atoms with van der Waals surface area (Å²) in [4.78, 5) is 6.14. The monoisotopic (exact) mass is 337 g/mol. The molecule has 1 aliphatic rings. The molecular weight excluding hydrogens is 321 g/mol. The molecule has 0 saturated carbocycles. The lowest BCUT2D eigenvalue weighted by Crippen LogP contribution is -2.50. The minimum atomic E-state index is -3.55. The average Bonchev–Trinajstić information content (AvgIpc) is 2.41. The lowest BCUT2D eigenvalue weighted by atomic mass is 10.3. The minimum absolute atomic E-state index is 0.0879. The molecule has 5 nitrogen and oxygen atoms in total. The topological polar surface area (TPSA) is 53.5 Å². The second kappa shape index (κ2) is 6.15. The lowest BCUT2D eigenvalue weighted by Gasteiger charge is -2.36. The first kappa shape index (κ1) is 16.0. The summed E-state index contributed by atoms with van der Waals surface area (Å²) < 4.78 is 26.5. The number of hydrogen-bond donors (Lipinski definition) is 0. The number of aromatic nitrogens is 1. The molecule has 1 fully saturated rings. The third-order valence-electron chi connectivity index (χ3n) is 3.41. The Morgan fingerprint density at radius 3 is 2.30 bits per heavy atom. The van der Waals surface area contributed by atoms with E-state index in [-0.39, 0.29) is 15.1 Å². The lowest BCUT2D eigenvalue weighted by molar-refractivity contribution is 0.154. The first-order valence-corrected chi connectivity index (χ1v) is 8.57. The summed E-state index contributed by atoms with van der Waals surface area (Å²) in [5.74, 6) is 0. The highest BCUT2D eigenvalue weighted by molar-refractivity contribution is 7.89. The van der Waals surface area contributed by atoms with Gasteiger partial charge in [0.25, 0.3) is 0 Å². The van der Waals surface area contributed by atoms with Gasteiger partial charge in [-0.1, -0.05) is 23.2 Å². The van der Waals surface area contributed by atoms with E-state index in [1.54, 1.807) is 0 Å². The molecule has 0 amide bonds. The van der Waals surface area contributed by atoms with Gasteiger partial charge >= 0.3 is 0 Å². The summed E-state index contributed by atoms with van der Waals surface area (Å²) in [7, 11) is -3.55. The van der Waals surface area contributed by atoms with E-state index in [0.717, 1.165) is 13.1 Å². The highest BCUT2D eigenvalue weighted by Crippen LogP contribution is 2.24. The van der Waals surface area contributed by atoms with E-state index in [1.807, 2.05) is 0 Å². The van der Waals surface area contributed by atoms with E-state index in [9.17, 15) is 8.42 Å². The van der Waals surface area contributed by atoms with Gasteiger partial charge in [-0.25, -0.2) is 13.4 Å². The number of sulfonamides is 1. The fourth-order valence-corrected chi connectivity index (χ4v) is 3.88. The van der Waals surface area contributed by atoms with Crippen LogP contribution in [0.1, 0.15) is 13.8 Å². The highest BCUT2D eigenvalue weighted by atomic mass is 35.5. The number of nitrogens with zero attached hydrogens (tertiary/aromatic N) is 3. The van der Waals surface area contributed by atoms with Crippen LogP contribution >= 0.6 is 23.2 Å². The molecule has 1 saturated heterocycles. The van der Waals surface area contributed by atoms with Gasteiger partial charge in [-0.3, -0.25) is 4.90 Å². The van der Waals surface area contributed by atoms with Crippen LogP contribution in [-0.4, -0.2) is 54.8 Å². The van der Waals surface area contributed by atoms with Crippen molar-refractivity contribution < 1.29 is 8.42 Å². The zero-order chi connectivity index (χ0) is 14.9. The second-order valence-corrected chi connectivity index (χ2v) is 7.68. The SMILES string of the molecule is CC(C)N1CCN(S(=O)(=O)c2cnc(Cl)c(Cl)c2)CC1. The van der Waals surface area contributed by atoms with Crippen molar-refractivity contribution >= 4 is 33.2 Å². The van der Waals surface area contributed by atoms with E-state index in [2.05, 4.69) is 23.7 Å². The van der Waals surface area contributed by atoms with Gasteiger partial charge in [0, 0.05) is 38.4 Å². The number of halogens is 2. The summed E-state index contributed by atoms with van der Waals surface area (Å²) >= 11 is 11.6. The van der Waals surface area contributed by atoms with Crippen LogP contribution in [0, 0.1) is 0 Å². The van der Waals surface area contributed by atoms with Crippen LogP contribution in [0.5, 0.6) is 0 Å². The highest BCUT2D eigenvalue weighted by Gasteiger charge is 2.29. The molecule has 0 unspecified atom stereocenters. The Labute approximate surface area is 129 Å². The molecule has 112 valence electrons. The van der Waals surface area contributed by atoms with Gasteiger partial charge in [0.2, 0.25) is 10.0 Å². The molecule has 1 aromatic rings. The summed E-state index contributed by atoms with van der Waals surface area (Å²) in [6.45, 7) is 6.61. The van der Waals surface area contributed by atoms with E-state index in [1.165, 1.54) is 16.6 Å². The molecule has 0 aromatic carbocycles.